The van der Waals surface area contributed by atoms with Gasteiger partial charge in [0.15, 0.2) is 0 Å². The number of unbranched alkanes of at least 4 members (excludes halogenated alkanes) is 10. The maximum Gasteiger partial charge on any atom is 0.119 e. The van der Waals surface area contributed by atoms with E-state index < -0.39 is 0 Å². The van der Waals surface area contributed by atoms with E-state index in [9.17, 15) is 0 Å². The highest BCUT2D eigenvalue weighted by Crippen LogP contribution is 2.25. The van der Waals surface area contributed by atoms with Crippen molar-refractivity contribution in [3.05, 3.63) is 79.1 Å². The Labute approximate surface area is 249 Å². The van der Waals surface area contributed by atoms with Gasteiger partial charge in [0, 0.05) is 23.9 Å². The third-order valence-corrected chi connectivity index (χ3v) is 8.97. The molecule has 0 amide bonds. The Hall–Kier alpha value is -2.51. The van der Waals surface area contributed by atoms with Crippen LogP contribution >= 0.6 is 21.6 Å². The van der Waals surface area contributed by atoms with Crippen molar-refractivity contribution >= 4 is 33.0 Å². The summed E-state index contributed by atoms with van der Waals surface area (Å²) in [7, 11) is 4.13. The van der Waals surface area contributed by atoms with Gasteiger partial charge in [0.25, 0.3) is 0 Å². The van der Waals surface area contributed by atoms with Gasteiger partial charge in [-0.1, -0.05) is 91.2 Å². The van der Waals surface area contributed by atoms with Gasteiger partial charge >= 0.3 is 0 Å². The zero-order valence-electron chi connectivity index (χ0n) is 23.8. The molecule has 0 atom stereocenters. The van der Waals surface area contributed by atoms with Gasteiger partial charge < -0.3 is 9.47 Å². The zero-order chi connectivity index (χ0) is 27.8. The lowest BCUT2D eigenvalue weighted by Crippen LogP contribution is -1.97. The van der Waals surface area contributed by atoms with E-state index in [0.29, 0.717) is 0 Å². The molecule has 2 aromatic carbocycles. The second-order valence-electron chi connectivity index (χ2n) is 9.80. The lowest BCUT2D eigenvalue weighted by Gasteiger charge is -2.06. The minimum Gasteiger partial charge on any atom is -0.494 e. The molecule has 1 aromatic heterocycles. The van der Waals surface area contributed by atoms with Crippen LogP contribution in [0, 0.1) is 0 Å². The fourth-order valence-corrected chi connectivity index (χ4v) is 6.38. The first-order valence-electron chi connectivity index (χ1n) is 14.9. The fraction of sp³-hybridized carbons (Fsp3) is 0.485. The second kappa shape index (κ2) is 22.2. The maximum atomic E-state index is 5.88. The summed E-state index contributed by atoms with van der Waals surface area (Å²) in [5, 5.41) is 8.45. The van der Waals surface area contributed by atoms with E-state index >= 15 is 0 Å². The normalized spacial score (nSPS) is 11.2. The SMILES string of the molecule is c1ccc(OCCCCCCCCSSCCCCCCCCOc2ccc(N=Nc3ccncc3)cc2)cc1. The minimum atomic E-state index is 0.771. The first-order chi connectivity index (χ1) is 19.9. The molecule has 0 aliphatic rings. The van der Waals surface area contributed by atoms with Gasteiger partial charge in [-0.2, -0.15) is 10.2 Å². The highest BCUT2D eigenvalue weighted by Gasteiger charge is 1.98. The Balaban J connectivity index is 1.02. The quantitative estimate of drug-likeness (QED) is 0.0635. The van der Waals surface area contributed by atoms with Crippen LogP contribution in [-0.4, -0.2) is 29.7 Å². The summed E-state index contributed by atoms with van der Waals surface area (Å²) in [5.41, 5.74) is 1.61. The topological polar surface area (TPSA) is 56.1 Å². The zero-order valence-corrected chi connectivity index (χ0v) is 25.4. The van der Waals surface area contributed by atoms with Crippen molar-refractivity contribution in [2.24, 2.45) is 10.2 Å². The monoisotopic (exact) mass is 579 g/mol. The van der Waals surface area contributed by atoms with Crippen LogP contribution in [0.3, 0.4) is 0 Å². The molecule has 0 saturated heterocycles. The number of hydrogen-bond donors (Lipinski definition) is 0. The molecule has 7 heteroatoms. The van der Waals surface area contributed by atoms with E-state index in [1.165, 1.54) is 75.7 Å². The van der Waals surface area contributed by atoms with Crippen molar-refractivity contribution in [1.82, 2.24) is 4.98 Å². The lowest BCUT2D eigenvalue weighted by atomic mass is 10.1. The molecule has 0 aliphatic carbocycles. The fourth-order valence-electron chi connectivity index (χ4n) is 4.09. The van der Waals surface area contributed by atoms with Crippen LogP contribution in [0.4, 0.5) is 11.4 Å². The number of aromatic nitrogens is 1. The molecule has 0 fully saturated rings. The van der Waals surface area contributed by atoms with Crippen molar-refractivity contribution in [2.75, 3.05) is 24.7 Å². The summed E-state index contributed by atoms with van der Waals surface area (Å²) >= 11 is 0. The molecular formula is C33H45N3O2S2. The van der Waals surface area contributed by atoms with E-state index in [2.05, 4.69) is 36.8 Å². The van der Waals surface area contributed by atoms with Crippen molar-refractivity contribution in [3.8, 4) is 11.5 Å². The standard InChI is InChI=1S/C33H45N3O2S2/c1(5-12-26-37-32-16-10-9-11-17-32)3-7-14-28-39-40-29-15-8-4-2-6-13-27-38-33-20-18-30(19-21-33)35-36-31-22-24-34-25-23-31/h9-11,16-25H,1-8,12-15,26-29H2. The van der Waals surface area contributed by atoms with Gasteiger partial charge in [-0.15, -0.1) is 0 Å². The number of benzene rings is 2. The molecular weight excluding hydrogens is 535 g/mol. The van der Waals surface area contributed by atoms with Crippen molar-refractivity contribution in [2.45, 2.75) is 77.0 Å². The second-order valence-corrected chi connectivity index (χ2v) is 12.5. The predicted octanol–water partition coefficient (Wildman–Crippen LogP) is 11.0. The number of para-hydroxylation sites is 1. The van der Waals surface area contributed by atoms with Crippen LogP contribution in [-0.2, 0) is 0 Å². The summed E-state index contributed by atoms with van der Waals surface area (Å²) < 4.78 is 11.6. The molecule has 0 saturated carbocycles. The number of hydrogen-bond acceptors (Lipinski definition) is 7. The van der Waals surface area contributed by atoms with Crippen LogP contribution in [0.25, 0.3) is 0 Å². The summed E-state index contributed by atoms with van der Waals surface area (Å²) in [5.74, 6) is 4.45. The molecule has 0 aliphatic heterocycles. The van der Waals surface area contributed by atoms with Crippen LogP contribution in [0.15, 0.2) is 89.4 Å². The van der Waals surface area contributed by atoms with Crippen molar-refractivity contribution in [1.29, 1.82) is 0 Å². The molecule has 3 aromatic rings. The summed E-state index contributed by atoms with van der Waals surface area (Å²) in [4.78, 5) is 3.98. The highest BCUT2D eigenvalue weighted by molar-refractivity contribution is 8.76. The Morgan fingerprint density at radius 1 is 0.475 bits per heavy atom. The van der Waals surface area contributed by atoms with E-state index in [-0.39, 0.29) is 0 Å². The highest BCUT2D eigenvalue weighted by atomic mass is 33.1. The van der Waals surface area contributed by atoms with E-state index in [4.69, 9.17) is 9.47 Å². The van der Waals surface area contributed by atoms with Gasteiger partial charge in [0.1, 0.15) is 11.5 Å². The number of nitrogens with zero attached hydrogens (tertiary/aromatic N) is 3. The van der Waals surface area contributed by atoms with E-state index in [1.54, 1.807) is 12.4 Å². The average Bonchev–Trinajstić information content (AvgIpc) is 3.00. The number of rotatable bonds is 23. The average molecular weight is 580 g/mol. The molecule has 0 radical (unpaired) electrons. The molecule has 216 valence electrons. The summed E-state index contributed by atoms with van der Waals surface area (Å²) in [6.45, 7) is 1.61. The van der Waals surface area contributed by atoms with Gasteiger partial charge in [-0.05, 0) is 74.2 Å². The van der Waals surface area contributed by atoms with Crippen LogP contribution in [0.1, 0.15) is 77.0 Å². The Morgan fingerprint density at radius 2 is 0.925 bits per heavy atom. The smallest absolute Gasteiger partial charge is 0.119 e. The third-order valence-electron chi connectivity index (χ3n) is 6.39. The van der Waals surface area contributed by atoms with Crippen molar-refractivity contribution in [3.63, 3.8) is 0 Å². The minimum absolute atomic E-state index is 0.771. The van der Waals surface area contributed by atoms with Gasteiger partial charge in [-0.3, -0.25) is 4.98 Å². The van der Waals surface area contributed by atoms with Gasteiger partial charge in [0.05, 0.1) is 24.6 Å². The first kappa shape index (κ1) is 32.0. The Bertz CT molecular complexity index is 1020. The number of ether oxygens (including phenoxy) is 2. The Kier molecular flexibility index (Phi) is 17.8. The van der Waals surface area contributed by atoms with Crippen LogP contribution < -0.4 is 9.47 Å². The molecule has 0 spiro atoms. The molecule has 5 nitrogen and oxygen atoms in total. The molecule has 0 N–H and O–H groups in total. The van der Waals surface area contributed by atoms with Gasteiger partial charge in [-0.25, -0.2) is 0 Å². The largest absolute Gasteiger partial charge is 0.494 e. The predicted molar refractivity (Wildman–Crippen MR) is 173 cm³/mol. The number of azo groups is 1. The molecule has 0 bridgehead atoms. The van der Waals surface area contributed by atoms with E-state index in [0.717, 1.165) is 48.9 Å². The van der Waals surface area contributed by atoms with Crippen molar-refractivity contribution < 1.29 is 9.47 Å². The van der Waals surface area contributed by atoms with Crippen LogP contribution in [0.5, 0.6) is 11.5 Å². The van der Waals surface area contributed by atoms with Crippen LogP contribution in [0.2, 0.25) is 0 Å². The maximum absolute atomic E-state index is 5.88. The van der Waals surface area contributed by atoms with E-state index in [1.807, 2.05) is 66.7 Å². The number of pyridine rings is 1. The molecule has 40 heavy (non-hydrogen) atoms. The molecule has 0 unspecified atom stereocenters. The van der Waals surface area contributed by atoms with Gasteiger partial charge in [0.2, 0.25) is 0 Å². The summed E-state index contributed by atoms with van der Waals surface area (Å²) in [6.07, 6.45) is 18.9. The third kappa shape index (κ3) is 15.9. The Morgan fingerprint density at radius 3 is 1.48 bits per heavy atom. The molecule has 1 heterocycles. The first-order valence-corrected chi connectivity index (χ1v) is 17.4. The summed E-state index contributed by atoms with van der Waals surface area (Å²) in [6, 6.07) is 21.6. The molecule has 3 rings (SSSR count). The lowest BCUT2D eigenvalue weighted by molar-refractivity contribution is 0.304.